The summed E-state index contributed by atoms with van der Waals surface area (Å²) in [5.74, 6) is -2.20. The summed E-state index contributed by atoms with van der Waals surface area (Å²) in [7, 11) is -8.08. The fourth-order valence-corrected chi connectivity index (χ4v) is 6.53. The summed E-state index contributed by atoms with van der Waals surface area (Å²) < 4.78 is 50.6. The normalized spacial score (nSPS) is 20.1. The van der Waals surface area contributed by atoms with Crippen molar-refractivity contribution in [2.24, 2.45) is 5.73 Å². The Balaban J connectivity index is 1.74. The number of ketones is 1. The lowest BCUT2D eigenvalue weighted by Crippen LogP contribution is -2.12. The molecule has 0 aromatic heterocycles. The predicted molar refractivity (Wildman–Crippen MR) is 116 cm³/mol. The van der Waals surface area contributed by atoms with E-state index in [4.69, 9.17) is 5.73 Å². The number of carbonyl (C=O) groups is 2. The van der Waals surface area contributed by atoms with Crippen LogP contribution < -0.4 is 5.73 Å². The zero-order valence-electron chi connectivity index (χ0n) is 16.2. The van der Waals surface area contributed by atoms with Crippen molar-refractivity contribution >= 4 is 37.1 Å². The van der Waals surface area contributed by atoms with Crippen molar-refractivity contribution < 1.29 is 31.5 Å². The van der Waals surface area contributed by atoms with Gasteiger partial charge in [0, 0.05) is 16.7 Å². The summed E-state index contributed by atoms with van der Waals surface area (Å²) in [6.07, 6.45) is 4.00. The molecule has 2 heterocycles. The van der Waals surface area contributed by atoms with Crippen LogP contribution in [0.15, 0.2) is 98.0 Å². The van der Waals surface area contributed by atoms with Gasteiger partial charge in [-0.1, -0.05) is 24.3 Å². The molecule has 0 bridgehead atoms. The number of aliphatic hydroxyl groups excluding tert-OH is 1. The first-order chi connectivity index (χ1) is 15.1. The van der Waals surface area contributed by atoms with E-state index in [2.05, 4.69) is 0 Å². The minimum Gasteiger partial charge on any atom is -0.506 e. The molecule has 0 unspecified atom stereocenters. The second-order valence-electron chi connectivity index (χ2n) is 6.89. The van der Waals surface area contributed by atoms with Gasteiger partial charge in [0.25, 0.3) is 0 Å². The van der Waals surface area contributed by atoms with Gasteiger partial charge >= 0.3 is 0 Å². The minimum absolute atomic E-state index is 0.0215. The Bertz CT molecular complexity index is 1540. The van der Waals surface area contributed by atoms with Crippen LogP contribution in [0, 0.1) is 0 Å². The van der Waals surface area contributed by atoms with Crippen LogP contribution in [0.3, 0.4) is 0 Å². The van der Waals surface area contributed by atoms with E-state index in [1.54, 1.807) is 6.07 Å². The third-order valence-electron chi connectivity index (χ3n) is 5.00. The Morgan fingerprint density at radius 3 is 2.00 bits per heavy atom. The SMILES string of the molecule is NC(=O)C(C=CC1=C(O)c2ccccc2S1(=O)=O)=CC=C1C(=O)c2ccccc2S1(=O)=O. The maximum atomic E-state index is 12.7. The third-order valence-corrected chi connectivity index (χ3v) is 8.68. The largest absolute Gasteiger partial charge is 0.506 e. The van der Waals surface area contributed by atoms with Crippen molar-refractivity contribution in [3.8, 4) is 0 Å². The molecule has 0 spiro atoms. The van der Waals surface area contributed by atoms with Crippen LogP contribution in [-0.2, 0) is 24.5 Å². The highest BCUT2D eigenvalue weighted by Gasteiger charge is 2.38. The average Bonchev–Trinajstić information content (AvgIpc) is 3.07. The summed E-state index contributed by atoms with van der Waals surface area (Å²) in [5.41, 5.74) is 5.20. The Morgan fingerprint density at radius 1 is 0.875 bits per heavy atom. The van der Waals surface area contributed by atoms with Gasteiger partial charge in [-0.3, -0.25) is 9.59 Å². The van der Waals surface area contributed by atoms with Gasteiger partial charge in [-0.05, 0) is 48.6 Å². The van der Waals surface area contributed by atoms with Gasteiger partial charge in [-0.15, -0.1) is 0 Å². The summed E-state index contributed by atoms with van der Waals surface area (Å²) in [6, 6.07) is 11.6. The number of fused-ring (bicyclic) bond motifs is 2. The molecule has 4 rings (SSSR count). The van der Waals surface area contributed by atoms with Crippen molar-refractivity contribution in [3.05, 3.63) is 99.3 Å². The molecule has 3 N–H and O–H groups in total. The highest BCUT2D eigenvalue weighted by molar-refractivity contribution is 7.97. The van der Waals surface area contributed by atoms with Gasteiger partial charge in [0.05, 0.1) is 9.79 Å². The van der Waals surface area contributed by atoms with Crippen LogP contribution in [0.5, 0.6) is 0 Å². The molecule has 0 aliphatic carbocycles. The molecule has 0 atom stereocenters. The molecule has 8 nitrogen and oxygen atoms in total. The molecule has 0 fully saturated rings. The number of nitrogens with two attached hydrogens (primary N) is 1. The number of rotatable bonds is 4. The van der Waals surface area contributed by atoms with E-state index in [1.165, 1.54) is 42.5 Å². The van der Waals surface area contributed by atoms with Crippen molar-refractivity contribution in [1.29, 1.82) is 0 Å². The van der Waals surface area contributed by atoms with Crippen LogP contribution in [0.2, 0.25) is 0 Å². The fourth-order valence-electron chi connectivity index (χ4n) is 3.42. The van der Waals surface area contributed by atoms with Crippen molar-refractivity contribution in [3.63, 3.8) is 0 Å². The number of amides is 1. The fraction of sp³-hybridized carbons (Fsp3) is 0. The van der Waals surface area contributed by atoms with Crippen molar-refractivity contribution in [1.82, 2.24) is 0 Å². The zero-order chi connectivity index (χ0) is 23.3. The number of benzene rings is 2. The van der Waals surface area contributed by atoms with Gasteiger partial charge in [-0.25, -0.2) is 16.8 Å². The van der Waals surface area contributed by atoms with Crippen LogP contribution in [-0.4, -0.2) is 33.6 Å². The Kier molecular flexibility index (Phi) is 4.99. The smallest absolute Gasteiger partial charge is 0.248 e. The molecule has 0 radical (unpaired) electrons. The summed E-state index contributed by atoms with van der Waals surface area (Å²) in [4.78, 5) is 23.1. The maximum Gasteiger partial charge on any atom is 0.248 e. The first-order valence-electron chi connectivity index (χ1n) is 9.13. The van der Waals surface area contributed by atoms with E-state index in [0.29, 0.717) is 0 Å². The van der Waals surface area contributed by atoms with Gasteiger partial charge < -0.3 is 10.8 Å². The lowest BCUT2D eigenvalue weighted by Gasteiger charge is -1.99. The zero-order valence-corrected chi connectivity index (χ0v) is 17.9. The predicted octanol–water partition coefficient (Wildman–Crippen LogP) is 2.22. The van der Waals surface area contributed by atoms with E-state index >= 15 is 0 Å². The number of aliphatic hydroxyl groups is 1. The Labute approximate surface area is 183 Å². The van der Waals surface area contributed by atoms with Gasteiger partial charge in [0.1, 0.15) is 15.6 Å². The molecular formula is C22H15NO7S2. The number of Topliss-reactive ketones (excluding diaryl/α,β-unsaturated/α-hetero) is 1. The monoisotopic (exact) mass is 469 g/mol. The molecule has 2 aliphatic rings. The minimum atomic E-state index is -4.07. The quantitative estimate of drug-likeness (QED) is 0.515. The Hall–Kier alpha value is -3.76. The summed E-state index contributed by atoms with van der Waals surface area (Å²) in [5, 5.41) is 10.3. The lowest BCUT2D eigenvalue weighted by molar-refractivity contribution is -0.114. The third kappa shape index (κ3) is 3.20. The number of sulfone groups is 2. The number of carbonyl (C=O) groups excluding carboxylic acids is 2. The van der Waals surface area contributed by atoms with Crippen molar-refractivity contribution in [2.45, 2.75) is 9.79 Å². The number of hydrogen-bond acceptors (Lipinski definition) is 7. The molecule has 32 heavy (non-hydrogen) atoms. The molecule has 0 saturated heterocycles. The first-order valence-corrected chi connectivity index (χ1v) is 12.1. The molecule has 2 aromatic carbocycles. The highest BCUT2D eigenvalue weighted by Crippen LogP contribution is 2.38. The van der Waals surface area contributed by atoms with Gasteiger partial charge in [-0.2, -0.15) is 0 Å². The highest BCUT2D eigenvalue weighted by atomic mass is 32.2. The molecule has 10 heteroatoms. The van der Waals surface area contributed by atoms with Gasteiger partial charge in [0.15, 0.2) is 0 Å². The van der Waals surface area contributed by atoms with Gasteiger partial charge in [0.2, 0.25) is 31.4 Å². The Morgan fingerprint density at radius 2 is 1.44 bits per heavy atom. The second kappa shape index (κ2) is 7.43. The lowest BCUT2D eigenvalue weighted by atomic mass is 10.1. The average molecular weight is 469 g/mol. The van der Waals surface area contributed by atoms with E-state index in [1.807, 2.05) is 0 Å². The van der Waals surface area contributed by atoms with Crippen LogP contribution in [0.1, 0.15) is 15.9 Å². The standard InChI is InChI=1S/C22H15NO7S2/c23-22(26)13(9-11-18-20(24)14-5-1-3-7-16(14)31(18,27)28)10-12-19-21(25)15-6-2-4-8-17(15)32(19,29)30/h1-12,24H,(H2,23,26). The van der Waals surface area contributed by atoms with Crippen LogP contribution in [0.25, 0.3) is 5.76 Å². The molecule has 2 aliphatic heterocycles. The number of hydrogen-bond donors (Lipinski definition) is 2. The molecule has 2 aromatic rings. The topological polar surface area (TPSA) is 149 Å². The molecule has 162 valence electrons. The van der Waals surface area contributed by atoms with Crippen LogP contribution in [0.4, 0.5) is 0 Å². The summed E-state index contributed by atoms with van der Waals surface area (Å²) in [6.45, 7) is 0. The van der Waals surface area contributed by atoms with E-state index in [9.17, 15) is 31.5 Å². The van der Waals surface area contributed by atoms with E-state index in [-0.39, 0.29) is 26.5 Å². The maximum absolute atomic E-state index is 12.7. The van der Waals surface area contributed by atoms with E-state index in [0.717, 1.165) is 24.3 Å². The number of primary amides is 1. The molecule has 1 amide bonds. The molecule has 0 saturated carbocycles. The summed E-state index contributed by atoms with van der Waals surface area (Å²) >= 11 is 0. The molecular weight excluding hydrogens is 454 g/mol. The second-order valence-corrected chi connectivity index (χ2v) is 10.7. The van der Waals surface area contributed by atoms with Crippen LogP contribution >= 0.6 is 0 Å². The van der Waals surface area contributed by atoms with E-state index < -0.39 is 46.9 Å². The van der Waals surface area contributed by atoms with Crippen molar-refractivity contribution in [2.75, 3.05) is 0 Å². The first kappa shape index (κ1) is 21.5. The number of allylic oxidation sites excluding steroid dienone is 4.